The van der Waals surface area contributed by atoms with Crippen LogP contribution in [-0.2, 0) is 4.79 Å². The van der Waals surface area contributed by atoms with E-state index in [0.29, 0.717) is 6.42 Å². The van der Waals surface area contributed by atoms with E-state index in [0.717, 1.165) is 19.0 Å². The van der Waals surface area contributed by atoms with Crippen molar-refractivity contribution in [1.29, 1.82) is 0 Å². The molecule has 13 heavy (non-hydrogen) atoms. The van der Waals surface area contributed by atoms with Crippen molar-refractivity contribution in [3.63, 3.8) is 0 Å². The van der Waals surface area contributed by atoms with E-state index < -0.39 is 0 Å². The molecular formula is C10H18N2O. The first-order valence-electron chi connectivity index (χ1n) is 5.28. The summed E-state index contributed by atoms with van der Waals surface area (Å²) in [6.45, 7) is 3.87. The maximum atomic E-state index is 11.1. The zero-order valence-corrected chi connectivity index (χ0v) is 8.23. The highest BCUT2D eigenvalue weighted by Gasteiger charge is 2.49. The van der Waals surface area contributed by atoms with Gasteiger partial charge in [0.25, 0.3) is 0 Å². The van der Waals surface area contributed by atoms with Crippen molar-refractivity contribution < 1.29 is 4.79 Å². The summed E-state index contributed by atoms with van der Waals surface area (Å²) in [6, 6.07) is 0. The first-order chi connectivity index (χ1) is 6.27. The predicted molar refractivity (Wildman–Crippen MR) is 51.4 cm³/mol. The van der Waals surface area contributed by atoms with Gasteiger partial charge in [-0.1, -0.05) is 6.92 Å². The predicted octanol–water partition coefficient (Wildman–Crippen LogP) is 0.655. The molecule has 1 amide bonds. The van der Waals surface area contributed by atoms with Crippen molar-refractivity contribution in [2.24, 2.45) is 5.92 Å². The highest BCUT2D eigenvalue weighted by molar-refractivity contribution is 5.75. The summed E-state index contributed by atoms with van der Waals surface area (Å²) in [7, 11) is 0. The van der Waals surface area contributed by atoms with Crippen molar-refractivity contribution in [3.8, 4) is 0 Å². The van der Waals surface area contributed by atoms with Crippen LogP contribution in [0.2, 0.25) is 0 Å². The van der Waals surface area contributed by atoms with E-state index in [9.17, 15) is 4.79 Å². The molecular weight excluding hydrogens is 164 g/mol. The van der Waals surface area contributed by atoms with E-state index >= 15 is 0 Å². The van der Waals surface area contributed by atoms with Gasteiger partial charge in [0.1, 0.15) is 0 Å². The van der Waals surface area contributed by atoms with Crippen LogP contribution < -0.4 is 10.6 Å². The van der Waals surface area contributed by atoms with Gasteiger partial charge in [0.05, 0.1) is 0 Å². The molecule has 1 aliphatic carbocycles. The van der Waals surface area contributed by atoms with Crippen molar-refractivity contribution >= 4 is 5.91 Å². The average molecular weight is 182 g/mol. The fourth-order valence-corrected chi connectivity index (χ4v) is 2.52. The minimum atomic E-state index is 0.175. The molecule has 1 heterocycles. The molecule has 1 aliphatic heterocycles. The number of carbonyl (C=O) groups is 1. The number of hydrogen-bond donors (Lipinski definition) is 2. The average Bonchev–Trinajstić information content (AvgIpc) is 2.40. The van der Waals surface area contributed by atoms with E-state index in [4.69, 9.17) is 0 Å². The summed E-state index contributed by atoms with van der Waals surface area (Å²) >= 11 is 0. The van der Waals surface area contributed by atoms with Gasteiger partial charge in [-0.3, -0.25) is 4.79 Å². The van der Waals surface area contributed by atoms with Crippen LogP contribution in [-0.4, -0.2) is 24.5 Å². The Bertz CT molecular complexity index is 217. The van der Waals surface area contributed by atoms with Gasteiger partial charge in [-0.2, -0.15) is 0 Å². The molecule has 3 heteroatoms. The Kier molecular flexibility index (Phi) is 2.28. The summed E-state index contributed by atoms with van der Waals surface area (Å²) in [5.74, 6) is 0.999. The van der Waals surface area contributed by atoms with Crippen LogP contribution in [0.4, 0.5) is 0 Å². The first-order valence-corrected chi connectivity index (χ1v) is 5.28. The zero-order valence-electron chi connectivity index (χ0n) is 8.23. The Morgan fingerprint density at radius 2 is 2.46 bits per heavy atom. The van der Waals surface area contributed by atoms with Crippen molar-refractivity contribution in [1.82, 2.24) is 10.6 Å². The molecule has 0 aromatic carbocycles. The van der Waals surface area contributed by atoms with Crippen LogP contribution in [0.25, 0.3) is 0 Å². The molecule has 1 saturated carbocycles. The molecule has 2 rings (SSSR count). The summed E-state index contributed by atoms with van der Waals surface area (Å²) in [6.07, 6.45) is 4.47. The Morgan fingerprint density at radius 1 is 1.62 bits per heavy atom. The molecule has 2 atom stereocenters. The normalized spacial score (nSPS) is 36.5. The van der Waals surface area contributed by atoms with Crippen molar-refractivity contribution in [2.45, 2.75) is 38.1 Å². The monoisotopic (exact) mass is 182 g/mol. The van der Waals surface area contributed by atoms with Gasteiger partial charge in [-0.25, -0.2) is 0 Å². The van der Waals surface area contributed by atoms with Gasteiger partial charge in [-0.05, 0) is 31.7 Å². The van der Waals surface area contributed by atoms with Gasteiger partial charge in [0, 0.05) is 18.5 Å². The van der Waals surface area contributed by atoms with Gasteiger partial charge < -0.3 is 10.6 Å². The Labute approximate surface area is 79.3 Å². The van der Waals surface area contributed by atoms with E-state index in [1.807, 2.05) is 6.92 Å². The molecule has 2 N–H and O–H groups in total. The van der Waals surface area contributed by atoms with Gasteiger partial charge in [-0.15, -0.1) is 0 Å². The number of fused-ring (bicyclic) bond motifs is 1. The minimum absolute atomic E-state index is 0.175. The lowest BCUT2D eigenvalue weighted by atomic mass is 9.68. The Hall–Kier alpha value is -0.570. The van der Waals surface area contributed by atoms with Crippen LogP contribution in [0, 0.1) is 5.92 Å². The fourth-order valence-electron chi connectivity index (χ4n) is 2.52. The molecule has 0 spiro atoms. The summed E-state index contributed by atoms with van der Waals surface area (Å²) in [4.78, 5) is 11.1. The maximum Gasteiger partial charge on any atom is 0.219 e. The summed E-state index contributed by atoms with van der Waals surface area (Å²) < 4.78 is 0. The SMILES string of the molecule is CCC(=O)NCC12CCC1CCN2. The zero-order chi connectivity index (χ0) is 9.31. The number of hydrogen-bond acceptors (Lipinski definition) is 2. The third-order valence-corrected chi connectivity index (χ3v) is 3.61. The third-order valence-electron chi connectivity index (χ3n) is 3.61. The standard InChI is InChI=1S/C10H18N2O/c1-2-9(13)11-7-10-5-3-8(10)4-6-12-10/h8,12H,2-7H2,1H3,(H,11,13). The number of nitrogens with one attached hydrogen (secondary N) is 2. The summed E-state index contributed by atoms with van der Waals surface area (Å²) in [5.41, 5.74) is 0.283. The molecule has 0 bridgehead atoms. The highest BCUT2D eigenvalue weighted by atomic mass is 16.1. The number of carbonyl (C=O) groups excluding carboxylic acids is 1. The smallest absolute Gasteiger partial charge is 0.219 e. The minimum Gasteiger partial charge on any atom is -0.354 e. The molecule has 2 unspecified atom stereocenters. The Morgan fingerprint density at radius 3 is 3.00 bits per heavy atom. The summed E-state index contributed by atoms with van der Waals surface area (Å²) in [5, 5.41) is 6.53. The first kappa shape index (κ1) is 9.00. The maximum absolute atomic E-state index is 11.1. The van der Waals surface area contributed by atoms with Crippen LogP contribution in [0.15, 0.2) is 0 Å². The number of rotatable bonds is 3. The number of amides is 1. The van der Waals surface area contributed by atoms with Crippen LogP contribution in [0.5, 0.6) is 0 Å². The molecule has 74 valence electrons. The van der Waals surface area contributed by atoms with Gasteiger partial charge >= 0.3 is 0 Å². The molecule has 0 aromatic rings. The molecule has 2 fully saturated rings. The fraction of sp³-hybridized carbons (Fsp3) is 0.900. The molecule has 3 nitrogen and oxygen atoms in total. The molecule has 0 radical (unpaired) electrons. The van der Waals surface area contributed by atoms with Gasteiger partial charge in [0.15, 0.2) is 0 Å². The lowest BCUT2D eigenvalue weighted by molar-refractivity contribution is -0.121. The molecule has 2 aliphatic rings. The van der Waals surface area contributed by atoms with E-state index in [1.54, 1.807) is 0 Å². The van der Waals surface area contributed by atoms with Crippen molar-refractivity contribution in [3.05, 3.63) is 0 Å². The van der Waals surface area contributed by atoms with E-state index in [1.165, 1.54) is 19.3 Å². The van der Waals surface area contributed by atoms with Crippen LogP contribution >= 0.6 is 0 Å². The molecule has 0 aromatic heterocycles. The highest BCUT2D eigenvalue weighted by Crippen LogP contribution is 2.43. The van der Waals surface area contributed by atoms with E-state index in [2.05, 4.69) is 10.6 Å². The third kappa shape index (κ3) is 1.46. The largest absolute Gasteiger partial charge is 0.354 e. The topological polar surface area (TPSA) is 41.1 Å². The molecule has 1 saturated heterocycles. The Balaban J connectivity index is 1.83. The van der Waals surface area contributed by atoms with Crippen molar-refractivity contribution in [2.75, 3.05) is 13.1 Å². The second-order valence-corrected chi connectivity index (χ2v) is 4.24. The lowest BCUT2D eigenvalue weighted by Crippen LogP contribution is -2.59. The van der Waals surface area contributed by atoms with Crippen LogP contribution in [0.3, 0.4) is 0 Å². The quantitative estimate of drug-likeness (QED) is 0.673. The van der Waals surface area contributed by atoms with Gasteiger partial charge in [0.2, 0.25) is 5.91 Å². The lowest BCUT2D eigenvalue weighted by Gasteiger charge is -2.45. The second kappa shape index (κ2) is 3.29. The van der Waals surface area contributed by atoms with Crippen LogP contribution in [0.1, 0.15) is 32.6 Å². The van der Waals surface area contributed by atoms with E-state index in [-0.39, 0.29) is 11.4 Å². The second-order valence-electron chi connectivity index (χ2n) is 4.24.